The number of hydrogen-bond donors (Lipinski definition) is 1. The molecule has 0 radical (unpaired) electrons. The van der Waals surface area contributed by atoms with E-state index < -0.39 is 0 Å². The third-order valence-electron chi connectivity index (χ3n) is 3.65. The Morgan fingerprint density at radius 2 is 2.00 bits per heavy atom. The van der Waals surface area contributed by atoms with Crippen LogP contribution in [0.1, 0.15) is 32.6 Å². The van der Waals surface area contributed by atoms with Crippen molar-refractivity contribution in [2.75, 3.05) is 11.9 Å². The molecule has 1 saturated carbocycles. The molecule has 2 rings (SSSR count). The molecule has 0 unspecified atom stereocenters. The van der Waals surface area contributed by atoms with Gasteiger partial charge in [-0.15, -0.1) is 0 Å². The summed E-state index contributed by atoms with van der Waals surface area (Å²) in [5, 5.41) is 4.29. The first kappa shape index (κ1) is 13.2. The van der Waals surface area contributed by atoms with E-state index in [0.29, 0.717) is 0 Å². The molecule has 1 nitrogen and oxygen atoms in total. The lowest BCUT2D eigenvalue weighted by Crippen LogP contribution is -2.20. The Morgan fingerprint density at radius 1 is 1.29 bits per heavy atom. The zero-order valence-corrected chi connectivity index (χ0v) is 12.5. The van der Waals surface area contributed by atoms with Crippen molar-refractivity contribution in [3.8, 4) is 0 Å². The van der Waals surface area contributed by atoms with E-state index in [4.69, 9.17) is 11.6 Å². The first-order valence-electron chi connectivity index (χ1n) is 6.34. The van der Waals surface area contributed by atoms with Gasteiger partial charge in [0.05, 0.1) is 0 Å². The smallest absolute Gasteiger partial charge is 0.0499 e. The molecule has 0 bridgehead atoms. The Labute approximate surface area is 117 Å². The maximum Gasteiger partial charge on any atom is 0.0499 e. The molecule has 1 aliphatic rings. The molecule has 0 aliphatic heterocycles. The molecular weight excluding hydrogens is 298 g/mol. The lowest BCUT2D eigenvalue weighted by atomic mass is 9.83. The van der Waals surface area contributed by atoms with Gasteiger partial charge in [-0.1, -0.05) is 31.4 Å². The van der Waals surface area contributed by atoms with E-state index in [2.05, 4.69) is 28.2 Å². The van der Waals surface area contributed by atoms with Crippen LogP contribution in [0.4, 0.5) is 5.69 Å². The molecule has 1 aromatic carbocycles. The molecule has 0 spiro atoms. The number of nitrogens with one attached hydrogen (secondary N) is 1. The van der Waals surface area contributed by atoms with Gasteiger partial charge < -0.3 is 5.32 Å². The molecule has 17 heavy (non-hydrogen) atoms. The monoisotopic (exact) mass is 315 g/mol. The summed E-state index contributed by atoms with van der Waals surface area (Å²) >= 11 is 9.54. The van der Waals surface area contributed by atoms with Gasteiger partial charge in [-0.3, -0.25) is 0 Å². The molecule has 1 aliphatic carbocycles. The molecular formula is C14H19BrClN. The average molecular weight is 317 g/mol. The van der Waals surface area contributed by atoms with E-state index in [1.165, 1.54) is 25.7 Å². The average Bonchev–Trinajstić information content (AvgIpc) is 2.32. The molecule has 1 N–H and O–H groups in total. The van der Waals surface area contributed by atoms with Crippen LogP contribution in [-0.2, 0) is 0 Å². The molecule has 0 atom stereocenters. The van der Waals surface area contributed by atoms with Crippen LogP contribution in [0, 0.1) is 11.8 Å². The summed E-state index contributed by atoms with van der Waals surface area (Å²) in [7, 11) is 0. The highest BCUT2D eigenvalue weighted by Crippen LogP contribution is 2.30. The molecule has 94 valence electrons. The third-order valence-corrected chi connectivity index (χ3v) is 4.57. The van der Waals surface area contributed by atoms with E-state index in [1.807, 2.05) is 18.2 Å². The van der Waals surface area contributed by atoms with Crippen molar-refractivity contribution in [2.45, 2.75) is 32.6 Å². The second kappa shape index (κ2) is 6.10. The zero-order chi connectivity index (χ0) is 12.3. The van der Waals surface area contributed by atoms with Crippen molar-refractivity contribution in [2.24, 2.45) is 11.8 Å². The second-order valence-electron chi connectivity index (χ2n) is 5.13. The van der Waals surface area contributed by atoms with Crippen molar-refractivity contribution in [1.29, 1.82) is 0 Å². The van der Waals surface area contributed by atoms with Crippen LogP contribution < -0.4 is 5.32 Å². The summed E-state index contributed by atoms with van der Waals surface area (Å²) in [6.07, 6.45) is 5.46. The van der Waals surface area contributed by atoms with Crippen molar-refractivity contribution >= 4 is 33.2 Å². The minimum Gasteiger partial charge on any atom is -0.384 e. The Hall–Kier alpha value is -0.210. The van der Waals surface area contributed by atoms with E-state index in [9.17, 15) is 0 Å². The Balaban J connectivity index is 1.87. The second-order valence-corrected chi connectivity index (χ2v) is 6.42. The molecule has 0 heterocycles. The largest absolute Gasteiger partial charge is 0.384 e. The van der Waals surface area contributed by atoms with Crippen LogP contribution in [-0.4, -0.2) is 6.54 Å². The van der Waals surface area contributed by atoms with E-state index in [1.54, 1.807) is 0 Å². The van der Waals surface area contributed by atoms with Crippen LogP contribution >= 0.6 is 27.5 Å². The van der Waals surface area contributed by atoms with E-state index in [-0.39, 0.29) is 0 Å². The van der Waals surface area contributed by atoms with Crippen LogP contribution in [0.25, 0.3) is 0 Å². The quantitative estimate of drug-likeness (QED) is 0.793. The van der Waals surface area contributed by atoms with Crippen molar-refractivity contribution in [1.82, 2.24) is 0 Å². The van der Waals surface area contributed by atoms with E-state index >= 15 is 0 Å². The molecule has 0 amide bonds. The summed E-state index contributed by atoms with van der Waals surface area (Å²) in [5.74, 6) is 1.74. The van der Waals surface area contributed by atoms with Crippen LogP contribution in [0.2, 0.25) is 5.02 Å². The van der Waals surface area contributed by atoms with Gasteiger partial charge in [-0.2, -0.15) is 0 Å². The molecule has 0 aromatic heterocycles. The van der Waals surface area contributed by atoms with Gasteiger partial charge >= 0.3 is 0 Å². The molecule has 1 aromatic rings. The number of halogens is 2. The predicted molar refractivity (Wildman–Crippen MR) is 78.8 cm³/mol. The van der Waals surface area contributed by atoms with Gasteiger partial charge in [0.1, 0.15) is 0 Å². The summed E-state index contributed by atoms with van der Waals surface area (Å²) < 4.78 is 1.09. The van der Waals surface area contributed by atoms with Gasteiger partial charge in [0.25, 0.3) is 0 Å². The fourth-order valence-corrected chi connectivity index (χ4v) is 2.98. The summed E-state index contributed by atoms with van der Waals surface area (Å²) in [4.78, 5) is 0. The normalized spacial score (nSPS) is 24.6. The summed E-state index contributed by atoms with van der Waals surface area (Å²) in [5.41, 5.74) is 1.11. The minimum absolute atomic E-state index is 0.785. The number of hydrogen-bond acceptors (Lipinski definition) is 1. The summed E-state index contributed by atoms with van der Waals surface area (Å²) in [6, 6.07) is 5.88. The number of anilines is 1. The van der Waals surface area contributed by atoms with Crippen LogP contribution in [0.3, 0.4) is 0 Å². The van der Waals surface area contributed by atoms with Gasteiger partial charge in [0.2, 0.25) is 0 Å². The van der Waals surface area contributed by atoms with Gasteiger partial charge in [0, 0.05) is 21.7 Å². The highest BCUT2D eigenvalue weighted by atomic mass is 79.9. The first-order valence-corrected chi connectivity index (χ1v) is 7.51. The zero-order valence-electron chi connectivity index (χ0n) is 10.2. The van der Waals surface area contributed by atoms with Crippen molar-refractivity contribution in [3.05, 3.63) is 27.7 Å². The predicted octanol–water partition coefficient (Wildman–Crippen LogP) is 5.34. The van der Waals surface area contributed by atoms with E-state index in [0.717, 1.165) is 33.6 Å². The first-order chi connectivity index (χ1) is 8.15. The Bertz CT molecular complexity index is 372. The van der Waals surface area contributed by atoms with Gasteiger partial charge in [0.15, 0.2) is 0 Å². The van der Waals surface area contributed by atoms with Crippen LogP contribution in [0.15, 0.2) is 22.7 Å². The van der Waals surface area contributed by atoms with Crippen LogP contribution in [0.5, 0.6) is 0 Å². The minimum atomic E-state index is 0.785. The Kier molecular flexibility index (Phi) is 4.75. The lowest BCUT2D eigenvalue weighted by Gasteiger charge is -2.26. The molecule has 0 saturated heterocycles. The molecule has 1 fully saturated rings. The summed E-state index contributed by atoms with van der Waals surface area (Å²) in [6.45, 7) is 3.42. The maximum absolute atomic E-state index is 6.00. The van der Waals surface area contributed by atoms with Gasteiger partial charge in [-0.25, -0.2) is 0 Å². The van der Waals surface area contributed by atoms with Crippen molar-refractivity contribution < 1.29 is 0 Å². The third kappa shape index (κ3) is 3.89. The SMILES string of the molecule is CC1CCC(CNc2cc(Cl)ccc2Br)CC1. The molecule has 3 heteroatoms. The van der Waals surface area contributed by atoms with Crippen molar-refractivity contribution in [3.63, 3.8) is 0 Å². The fraction of sp³-hybridized carbons (Fsp3) is 0.571. The van der Waals surface area contributed by atoms with Gasteiger partial charge in [-0.05, 0) is 58.8 Å². The number of benzene rings is 1. The standard InChI is InChI=1S/C14H19BrClN/c1-10-2-4-11(5-3-10)9-17-14-8-12(16)6-7-13(14)15/h6-8,10-11,17H,2-5,9H2,1H3. The Morgan fingerprint density at radius 3 is 2.71 bits per heavy atom. The highest BCUT2D eigenvalue weighted by molar-refractivity contribution is 9.10. The highest BCUT2D eigenvalue weighted by Gasteiger charge is 2.18. The lowest BCUT2D eigenvalue weighted by molar-refractivity contribution is 0.300. The maximum atomic E-state index is 6.00. The fourth-order valence-electron chi connectivity index (χ4n) is 2.42. The topological polar surface area (TPSA) is 12.0 Å². The number of rotatable bonds is 3.